The zero-order chi connectivity index (χ0) is 23.4. The Morgan fingerprint density at radius 3 is 2.12 bits per heavy atom. The average molecular weight is 456 g/mol. The number of Topliss-reactive ketones (excluding diaryl/α,β-unsaturated/α-hetero) is 1. The van der Waals surface area contributed by atoms with Gasteiger partial charge in [0.05, 0.1) is 5.56 Å². The zero-order valence-corrected chi connectivity index (χ0v) is 18.8. The molecule has 1 aromatic heterocycles. The Morgan fingerprint density at radius 2 is 1.52 bits per heavy atom. The first-order chi connectivity index (χ1) is 15.9. The van der Waals surface area contributed by atoms with Gasteiger partial charge in [-0.05, 0) is 59.0 Å². The number of pyridine rings is 1. The van der Waals surface area contributed by atoms with Gasteiger partial charge in [0.2, 0.25) is 0 Å². The number of carbonyl (C=O) groups is 2. The molecule has 0 spiro atoms. The van der Waals surface area contributed by atoms with Gasteiger partial charge >= 0.3 is 5.97 Å². The summed E-state index contributed by atoms with van der Waals surface area (Å²) in [5.41, 5.74) is 5.96. The van der Waals surface area contributed by atoms with Crippen molar-refractivity contribution in [1.82, 2.24) is 4.98 Å². The second-order valence-corrected chi connectivity index (χ2v) is 8.30. The molecule has 0 radical (unpaired) electrons. The normalized spacial score (nSPS) is 11.7. The van der Waals surface area contributed by atoms with Crippen molar-refractivity contribution in [2.24, 2.45) is 0 Å². The van der Waals surface area contributed by atoms with E-state index in [2.05, 4.69) is 24.0 Å². The van der Waals surface area contributed by atoms with Gasteiger partial charge in [0.1, 0.15) is 5.15 Å². The Kier molecular flexibility index (Phi) is 6.66. The van der Waals surface area contributed by atoms with Crippen molar-refractivity contribution in [2.45, 2.75) is 19.3 Å². The first-order valence-corrected chi connectivity index (χ1v) is 10.9. The molecule has 3 aromatic carbocycles. The Morgan fingerprint density at radius 1 is 0.879 bits per heavy atom. The molecule has 33 heavy (non-hydrogen) atoms. The molecule has 0 aliphatic carbocycles. The van der Waals surface area contributed by atoms with E-state index in [0.717, 1.165) is 27.8 Å². The molecule has 1 atom stereocenters. The van der Waals surface area contributed by atoms with Crippen molar-refractivity contribution in [3.8, 4) is 11.1 Å². The number of nitrogens with zero attached hydrogens (tertiary/aromatic N) is 1. The van der Waals surface area contributed by atoms with Gasteiger partial charge in [-0.15, -0.1) is 0 Å². The molecule has 1 unspecified atom stereocenters. The number of aryl methyl sites for hydroxylation is 1. The number of carboxylic acids is 1. The second-order valence-electron chi connectivity index (χ2n) is 7.91. The molecular formula is C28H22ClNO3. The van der Waals surface area contributed by atoms with E-state index in [1.54, 1.807) is 42.6 Å². The van der Waals surface area contributed by atoms with E-state index in [9.17, 15) is 9.59 Å². The molecule has 1 heterocycles. The molecule has 0 saturated heterocycles. The van der Waals surface area contributed by atoms with Crippen molar-refractivity contribution in [3.05, 3.63) is 124 Å². The highest BCUT2D eigenvalue weighted by molar-refractivity contribution is 6.29. The van der Waals surface area contributed by atoms with E-state index >= 15 is 0 Å². The predicted molar refractivity (Wildman–Crippen MR) is 130 cm³/mol. The maximum Gasteiger partial charge on any atom is 0.335 e. The lowest BCUT2D eigenvalue weighted by molar-refractivity contribution is 0.0696. The topological polar surface area (TPSA) is 67.3 Å². The summed E-state index contributed by atoms with van der Waals surface area (Å²) in [4.78, 5) is 28.2. The van der Waals surface area contributed by atoms with Crippen LogP contribution in [0.4, 0.5) is 0 Å². The van der Waals surface area contributed by atoms with Crippen molar-refractivity contribution >= 4 is 23.4 Å². The number of aromatic nitrogens is 1. The van der Waals surface area contributed by atoms with E-state index < -0.39 is 5.97 Å². The highest BCUT2D eigenvalue weighted by Gasteiger charge is 2.21. The number of ketones is 1. The zero-order valence-electron chi connectivity index (χ0n) is 18.0. The molecule has 164 valence electrons. The van der Waals surface area contributed by atoms with Crippen LogP contribution in [0.3, 0.4) is 0 Å². The third kappa shape index (κ3) is 5.18. The summed E-state index contributed by atoms with van der Waals surface area (Å²) < 4.78 is 0. The fourth-order valence-electron chi connectivity index (χ4n) is 3.98. The molecule has 1 N–H and O–H groups in total. The molecular weight excluding hydrogens is 434 g/mol. The van der Waals surface area contributed by atoms with Crippen LogP contribution in [0.1, 0.15) is 49.7 Å². The molecule has 4 nitrogen and oxygen atoms in total. The predicted octanol–water partition coefficient (Wildman–Crippen LogP) is 6.81. The monoisotopic (exact) mass is 455 g/mol. The van der Waals surface area contributed by atoms with Gasteiger partial charge in [-0.1, -0.05) is 72.3 Å². The summed E-state index contributed by atoms with van der Waals surface area (Å²) in [6, 6.07) is 26.2. The van der Waals surface area contributed by atoms with E-state index in [0.29, 0.717) is 17.1 Å². The summed E-state index contributed by atoms with van der Waals surface area (Å²) in [6.07, 6.45) is 1.85. The number of rotatable bonds is 7. The van der Waals surface area contributed by atoms with Crippen LogP contribution in [-0.4, -0.2) is 21.8 Å². The summed E-state index contributed by atoms with van der Waals surface area (Å²) in [5.74, 6) is -1.06. The van der Waals surface area contributed by atoms with Crippen LogP contribution >= 0.6 is 11.6 Å². The van der Waals surface area contributed by atoms with Crippen molar-refractivity contribution in [3.63, 3.8) is 0 Å². The van der Waals surface area contributed by atoms with Crippen molar-refractivity contribution in [2.75, 3.05) is 0 Å². The lowest BCUT2D eigenvalue weighted by Gasteiger charge is -2.20. The van der Waals surface area contributed by atoms with Gasteiger partial charge in [-0.25, -0.2) is 9.78 Å². The summed E-state index contributed by atoms with van der Waals surface area (Å²) in [5, 5.41) is 9.40. The number of halogens is 1. The van der Waals surface area contributed by atoms with Gasteiger partial charge in [0.15, 0.2) is 5.78 Å². The molecule has 4 rings (SSSR count). The first-order valence-electron chi connectivity index (χ1n) is 10.6. The van der Waals surface area contributed by atoms with Gasteiger partial charge in [0, 0.05) is 24.1 Å². The lowest BCUT2D eigenvalue weighted by atomic mass is 9.83. The van der Waals surface area contributed by atoms with E-state index in [4.69, 9.17) is 16.7 Å². The largest absolute Gasteiger partial charge is 0.478 e. The van der Waals surface area contributed by atoms with Crippen LogP contribution < -0.4 is 0 Å². The summed E-state index contributed by atoms with van der Waals surface area (Å²) >= 11 is 5.99. The quantitative estimate of drug-likeness (QED) is 0.245. The fourth-order valence-corrected chi connectivity index (χ4v) is 4.15. The third-order valence-electron chi connectivity index (χ3n) is 5.78. The number of hydrogen-bond acceptors (Lipinski definition) is 3. The minimum Gasteiger partial charge on any atom is -0.478 e. The highest BCUT2D eigenvalue weighted by Crippen LogP contribution is 2.33. The van der Waals surface area contributed by atoms with Gasteiger partial charge in [-0.2, -0.15) is 0 Å². The molecule has 0 amide bonds. The molecule has 0 bridgehead atoms. The minimum absolute atomic E-state index is 0.000823. The molecule has 0 saturated carbocycles. The smallest absolute Gasteiger partial charge is 0.335 e. The van der Waals surface area contributed by atoms with Gasteiger partial charge in [-0.3, -0.25) is 4.79 Å². The van der Waals surface area contributed by atoms with Crippen molar-refractivity contribution in [1.29, 1.82) is 0 Å². The fraction of sp³-hybridized carbons (Fsp3) is 0.107. The van der Waals surface area contributed by atoms with E-state index in [-0.39, 0.29) is 17.3 Å². The van der Waals surface area contributed by atoms with Crippen LogP contribution in [-0.2, 0) is 0 Å². The van der Waals surface area contributed by atoms with Gasteiger partial charge in [0.25, 0.3) is 0 Å². The highest BCUT2D eigenvalue weighted by atomic mass is 35.5. The van der Waals surface area contributed by atoms with Gasteiger partial charge < -0.3 is 5.11 Å². The molecule has 0 aliphatic rings. The molecule has 0 aliphatic heterocycles. The number of carboxylic acid groups (broad SMARTS) is 1. The number of benzene rings is 3. The molecule has 0 fully saturated rings. The van der Waals surface area contributed by atoms with Crippen LogP contribution in [0.5, 0.6) is 0 Å². The Labute approximate surface area is 197 Å². The van der Waals surface area contributed by atoms with Crippen LogP contribution in [0, 0.1) is 6.92 Å². The maximum atomic E-state index is 13.1. The summed E-state index contributed by atoms with van der Waals surface area (Å²) in [6.45, 7) is 2.05. The maximum absolute atomic E-state index is 13.1. The number of hydrogen-bond donors (Lipinski definition) is 1. The van der Waals surface area contributed by atoms with Crippen molar-refractivity contribution < 1.29 is 14.7 Å². The number of aromatic carboxylic acids is 1. The van der Waals surface area contributed by atoms with E-state index in [1.165, 1.54) is 0 Å². The Bertz CT molecular complexity index is 1300. The van der Waals surface area contributed by atoms with E-state index in [1.807, 2.05) is 36.4 Å². The Balaban J connectivity index is 1.66. The van der Waals surface area contributed by atoms with Crippen LogP contribution in [0.25, 0.3) is 11.1 Å². The molecule has 5 heteroatoms. The summed E-state index contributed by atoms with van der Waals surface area (Å²) in [7, 11) is 0. The third-order valence-corrected chi connectivity index (χ3v) is 5.99. The lowest BCUT2D eigenvalue weighted by Crippen LogP contribution is -2.10. The van der Waals surface area contributed by atoms with Crippen LogP contribution in [0.2, 0.25) is 5.15 Å². The number of carbonyl (C=O) groups excluding carboxylic acids is 1. The minimum atomic E-state index is -0.946. The standard InChI is InChI=1S/C28H22ClNO3/c1-18-4-2-3-5-24(18)25(17-26(31)23-14-15-30-27(29)16-23)21-10-6-19(7-11-21)20-8-12-22(13-9-20)28(32)33/h2-16,25H,17H2,1H3,(H,32,33). The SMILES string of the molecule is Cc1ccccc1C(CC(=O)c1ccnc(Cl)c1)c1ccc(-c2ccc(C(=O)O)cc2)cc1. The molecule has 4 aromatic rings. The first kappa shape index (κ1) is 22.4. The van der Waals surface area contributed by atoms with Crippen LogP contribution in [0.15, 0.2) is 91.1 Å². The Hall–Kier alpha value is -3.76. The average Bonchev–Trinajstić information content (AvgIpc) is 2.83. The second kappa shape index (κ2) is 9.80.